The van der Waals surface area contributed by atoms with E-state index in [0.29, 0.717) is 18.4 Å². The molecule has 0 radical (unpaired) electrons. The van der Waals surface area contributed by atoms with Gasteiger partial charge in [0.25, 0.3) is 0 Å². The van der Waals surface area contributed by atoms with Crippen LogP contribution in [0.1, 0.15) is 69.5 Å². The number of halogens is 3. The van der Waals surface area contributed by atoms with Crippen molar-refractivity contribution in [3.8, 4) is 0 Å². The van der Waals surface area contributed by atoms with Crippen LogP contribution in [0.25, 0.3) is 0 Å². The second-order valence-electron chi connectivity index (χ2n) is 9.96. The van der Waals surface area contributed by atoms with Crippen LogP contribution in [0, 0.1) is 17.8 Å². The molecule has 4 atom stereocenters. The molecular weight excluding hydrogens is 437 g/mol. The minimum absolute atomic E-state index is 0.0905. The fourth-order valence-corrected chi connectivity index (χ4v) is 6.01. The molecule has 0 aromatic heterocycles. The van der Waals surface area contributed by atoms with E-state index in [1.807, 2.05) is 13.8 Å². The van der Waals surface area contributed by atoms with E-state index in [9.17, 15) is 32.7 Å². The Bertz CT molecular complexity index is 940. The quantitative estimate of drug-likeness (QED) is 0.637. The number of amides is 2. The molecule has 4 unspecified atom stereocenters. The van der Waals surface area contributed by atoms with E-state index in [2.05, 4.69) is 5.32 Å². The summed E-state index contributed by atoms with van der Waals surface area (Å²) in [7, 11) is 0. The molecule has 3 fully saturated rings. The molecule has 3 aliphatic rings. The third-order valence-corrected chi connectivity index (χ3v) is 7.34. The van der Waals surface area contributed by atoms with Crippen LogP contribution in [-0.4, -0.2) is 39.4 Å². The molecule has 1 aromatic carbocycles. The van der Waals surface area contributed by atoms with Gasteiger partial charge in [-0.1, -0.05) is 45.2 Å². The monoisotopic (exact) mass is 466 g/mol. The predicted molar refractivity (Wildman–Crippen MR) is 113 cm³/mol. The number of carbonyl (C=O) groups is 3. The number of nitrogens with zero attached hydrogens (tertiary/aromatic N) is 1. The number of fused-ring (bicyclic) bond motifs is 1. The number of benzene rings is 1. The number of carboxylic acid groups (broad SMARTS) is 1. The van der Waals surface area contributed by atoms with Crippen molar-refractivity contribution in [2.75, 3.05) is 0 Å². The van der Waals surface area contributed by atoms with Crippen molar-refractivity contribution in [1.29, 1.82) is 0 Å². The van der Waals surface area contributed by atoms with Crippen LogP contribution in [0.5, 0.6) is 0 Å². The number of rotatable bonds is 5. The van der Waals surface area contributed by atoms with Gasteiger partial charge >= 0.3 is 12.1 Å². The Morgan fingerprint density at radius 3 is 2.24 bits per heavy atom. The van der Waals surface area contributed by atoms with Crippen molar-refractivity contribution in [3.05, 3.63) is 35.4 Å². The van der Waals surface area contributed by atoms with Gasteiger partial charge in [-0.25, -0.2) is 0 Å². The average Bonchev–Trinajstić information content (AvgIpc) is 3.22. The zero-order valence-electron chi connectivity index (χ0n) is 18.7. The smallest absolute Gasteiger partial charge is 0.416 e. The second-order valence-corrected chi connectivity index (χ2v) is 9.96. The van der Waals surface area contributed by atoms with Crippen molar-refractivity contribution < 1.29 is 32.7 Å². The van der Waals surface area contributed by atoms with Crippen LogP contribution in [0.4, 0.5) is 13.2 Å². The Kier molecular flexibility index (Phi) is 6.05. The molecule has 4 rings (SSSR count). The molecule has 9 heteroatoms. The van der Waals surface area contributed by atoms with E-state index in [-0.39, 0.29) is 18.4 Å². The maximum Gasteiger partial charge on any atom is 0.416 e. The lowest BCUT2D eigenvalue weighted by atomic mass is 9.75. The van der Waals surface area contributed by atoms with E-state index in [4.69, 9.17) is 0 Å². The molecule has 180 valence electrons. The van der Waals surface area contributed by atoms with Crippen LogP contribution in [-0.2, 0) is 20.6 Å². The molecule has 1 aliphatic carbocycles. The van der Waals surface area contributed by atoms with Crippen LogP contribution in [0.3, 0.4) is 0 Å². The van der Waals surface area contributed by atoms with E-state index >= 15 is 0 Å². The van der Waals surface area contributed by atoms with Crippen molar-refractivity contribution in [3.63, 3.8) is 0 Å². The highest BCUT2D eigenvalue weighted by Gasteiger charge is 2.69. The maximum atomic E-state index is 13.6. The number of aliphatic carboxylic acids is 1. The molecule has 2 amide bonds. The normalized spacial score (nSPS) is 30.8. The summed E-state index contributed by atoms with van der Waals surface area (Å²) in [5, 5.41) is 13.3. The molecule has 1 aromatic rings. The van der Waals surface area contributed by atoms with Gasteiger partial charge in [0.05, 0.1) is 17.4 Å². The number of alkyl halides is 3. The highest BCUT2D eigenvalue weighted by Crippen LogP contribution is 2.52. The first-order chi connectivity index (χ1) is 15.5. The highest BCUT2D eigenvalue weighted by molar-refractivity contribution is 6.09. The van der Waals surface area contributed by atoms with Crippen molar-refractivity contribution in [1.82, 2.24) is 10.2 Å². The molecule has 2 heterocycles. The standard InChI is InChI=1S/C24H29F3N2O4/c1-13(2)12-23(22(32)33)18-17(20(30)29(21(18)31)16-6-4-3-5-7-16)19(28-23)14-8-10-15(11-9-14)24(25,26)27/h8-11,13,16-19,28H,3-7,12H2,1-2H3,(H,32,33). The molecule has 1 saturated carbocycles. The van der Waals surface area contributed by atoms with Gasteiger partial charge in [-0.3, -0.25) is 24.6 Å². The zero-order chi connectivity index (χ0) is 24.1. The molecule has 0 spiro atoms. The number of likely N-dealkylation sites (tertiary alicyclic amines) is 1. The van der Waals surface area contributed by atoms with Gasteiger partial charge in [0.15, 0.2) is 0 Å². The van der Waals surface area contributed by atoms with Gasteiger partial charge in [0.2, 0.25) is 11.8 Å². The van der Waals surface area contributed by atoms with Crippen LogP contribution < -0.4 is 5.32 Å². The summed E-state index contributed by atoms with van der Waals surface area (Å²) in [6.07, 6.45) is -0.177. The van der Waals surface area contributed by atoms with Crippen molar-refractivity contribution >= 4 is 17.8 Å². The molecule has 6 nitrogen and oxygen atoms in total. The lowest BCUT2D eigenvalue weighted by Gasteiger charge is -2.35. The summed E-state index contributed by atoms with van der Waals surface area (Å²) >= 11 is 0. The van der Waals surface area contributed by atoms with Crippen LogP contribution in [0.15, 0.2) is 24.3 Å². The average molecular weight is 467 g/mol. The summed E-state index contributed by atoms with van der Waals surface area (Å²) in [6.45, 7) is 3.68. The summed E-state index contributed by atoms with van der Waals surface area (Å²) in [4.78, 5) is 41.1. The Morgan fingerprint density at radius 2 is 1.73 bits per heavy atom. The Labute approximate surface area is 190 Å². The number of imide groups is 1. The van der Waals surface area contributed by atoms with Gasteiger partial charge in [-0.05, 0) is 42.9 Å². The fourth-order valence-electron chi connectivity index (χ4n) is 6.01. The fraction of sp³-hybridized carbons (Fsp3) is 0.625. The number of carbonyl (C=O) groups excluding carboxylic acids is 2. The zero-order valence-corrected chi connectivity index (χ0v) is 18.7. The highest BCUT2D eigenvalue weighted by atomic mass is 19.4. The molecular formula is C24H29F3N2O4. The van der Waals surface area contributed by atoms with Gasteiger partial charge < -0.3 is 5.11 Å². The first kappa shape index (κ1) is 23.7. The molecule has 0 bridgehead atoms. The van der Waals surface area contributed by atoms with Crippen molar-refractivity contribution in [2.45, 2.75) is 76.2 Å². The van der Waals surface area contributed by atoms with E-state index in [1.165, 1.54) is 17.0 Å². The number of hydrogen-bond acceptors (Lipinski definition) is 4. The number of nitrogens with one attached hydrogen (secondary N) is 1. The van der Waals surface area contributed by atoms with Gasteiger partial charge in [-0.2, -0.15) is 13.2 Å². The minimum Gasteiger partial charge on any atom is -0.480 e. The molecule has 2 saturated heterocycles. The molecule has 2 aliphatic heterocycles. The third-order valence-electron chi connectivity index (χ3n) is 7.34. The van der Waals surface area contributed by atoms with E-state index < -0.39 is 52.9 Å². The minimum atomic E-state index is -4.51. The Hall–Kier alpha value is -2.42. The van der Waals surface area contributed by atoms with E-state index in [0.717, 1.165) is 31.4 Å². The SMILES string of the molecule is CC(C)CC1(C(=O)O)NC(c2ccc(C(F)(F)F)cc2)C2C(=O)N(C3CCCCC3)C(=O)C21. The number of hydrogen-bond donors (Lipinski definition) is 2. The van der Waals surface area contributed by atoms with Gasteiger partial charge in [0.1, 0.15) is 5.54 Å². The lowest BCUT2D eigenvalue weighted by molar-refractivity contribution is -0.153. The van der Waals surface area contributed by atoms with E-state index in [1.54, 1.807) is 0 Å². The third kappa shape index (κ3) is 3.94. The maximum absolute atomic E-state index is 13.6. The largest absolute Gasteiger partial charge is 0.480 e. The van der Waals surface area contributed by atoms with Crippen molar-refractivity contribution in [2.24, 2.45) is 17.8 Å². The summed E-state index contributed by atoms with van der Waals surface area (Å²) in [6, 6.07) is 3.28. The summed E-state index contributed by atoms with van der Waals surface area (Å²) < 4.78 is 39.2. The Morgan fingerprint density at radius 1 is 1.12 bits per heavy atom. The second kappa shape index (κ2) is 8.42. The first-order valence-electron chi connectivity index (χ1n) is 11.5. The summed E-state index contributed by atoms with van der Waals surface area (Å²) in [5.41, 5.74) is -2.12. The molecule has 33 heavy (non-hydrogen) atoms. The van der Waals surface area contributed by atoms with Crippen LogP contribution >= 0.6 is 0 Å². The molecule has 2 N–H and O–H groups in total. The van der Waals surface area contributed by atoms with Crippen LogP contribution in [0.2, 0.25) is 0 Å². The number of carboxylic acids is 1. The van der Waals surface area contributed by atoms with Gasteiger partial charge in [-0.15, -0.1) is 0 Å². The predicted octanol–water partition coefficient (Wildman–Crippen LogP) is 4.15. The lowest BCUT2D eigenvalue weighted by Crippen LogP contribution is -2.57. The Balaban J connectivity index is 1.78. The van der Waals surface area contributed by atoms with Gasteiger partial charge in [0, 0.05) is 12.1 Å². The summed E-state index contributed by atoms with van der Waals surface area (Å²) in [5.74, 6) is -4.26. The topological polar surface area (TPSA) is 86.7 Å². The first-order valence-corrected chi connectivity index (χ1v) is 11.5.